The molecule has 110 valence electrons. The molecule has 1 aliphatic heterocycles. The van der Waals surface area contributed by atoms with E-state index in [0.29, 0.717) is 19.4 Å². The highest BCUT2D eigenvalue weighted by Crippen LogP contribution is 2.28. The van der Waals surface area contributed by atoms with E-state index >= 15 is 0 Å². The highest BCUT2D eigenvalue weighted by Gasteiger charge is 2.32. The lowest BCUT2D eigenvalue weighted by atomic mass is 9.93. The van der Waals surface area contributed by atoms with Crippen molar-refractivity contribution in [1.29, 1.82) is 0 Å². The van der Waals surface area contributed by atoms with Crippen molar-refractivity contribution in [2.75, 3.05) is 6.61 Å². The van der Waals surface area contributed by atoms with Crippen molar-refractivity contribution in [3.63, 3.8) is 0 Å². The Bertz CT molecular complexity index is 476. The van der Waals surface area contributed by atoms with Crippen LogP contribution in [0.3, 0.4) is 0 Å². The molecule has 0 spiro atoms. The van der Waals surface area contributed by atoms with Crippen LogP contribution in [0.15, 0.2) is 18.2 Å². The van der Waals surface area contributed by atoms with E-state index in [0.717, 1.165) is 11.1 Å². The van der Waals surface area contributed by atoms with Gasteiger partial charge in [-0.3, -0.25) is 9.69 Å². The Morgan fingerprint density at radius 3 is 2.80 bits per heavy atom. The molecule has 0 saturated heterocycles. The van der Waals surface area contributed by atoms with Crippen LogP contribution in [0, 0.1) is 5.92 Å². The summed E-state index contributed by atoms with van der Waals surface area (Å²) >= 11 is 0. The van der Waals surface area contributed by atoms with Crippen LogP contribution in [0.25, 0.3) is 0 Å². The van der Waals surface area contributed by atoms with Crippen molar-refractivity contribution in [2.45, 2.75) is 39.0 Å². The lowest BCUT2D eigenvalue weighted by Crippen LogP contribution is -2.55. The van der Waals surface area contributed by atoms with Gasteiger partial charge in [0.05, 0.1) is 12.8 Å². The number of rotatable bonds is 5. The predicted molar refractivity (Wildman–Crippen MR) is 76.1 cm³/mol. The standard InChI is InChI=1S/C15H22N2O3/c1-10(2)14(8-18)17-7-12-5-13(20)4-3-11(12)6-15(17)16-9-19/h3-5,9-10,14-15,18,20H,6-8H2,1-2H3,(H,16,19)/t14-,15-/m1/s1. The molecule has 0 aromatic heterocycles. The second kappa shape index (κ2) is 6.24. The molecule has 1 aromatic rings. The van der Waals surface area contributed by atoms with Crippen LogP contribution in [0.5, 0.6) is 5.75 Å². The van der Waals surface area contributed by atoms with E-state index in [2.05, 4.69) is 24.1 Å². The highest BCUT2D eigenvalue weighted by atomic mass is 16.3. The first-order valence-electron chi connectivity index (χ1n) is 6.94. The van der Waals surface area contributed by atoms with Crippen LogP contribution in [0.4, 0.5) is 0 Å². The lowest BCUT2D eigenvalue weighted by Gasteiger charge is -2.42. The van der Waals surface area contributed by atoms with Gasteiger partial charge in [0.1, 0.15) is 5.75 Å². The van der Waals surface area contributed by atoms with Crippen molar-refractivity contribution in [2.24, 2.45) is 5.92 Å². The first-order valence-corrected chi connectivity index (χ1v) is 6.94. The number of hydrogen-bond donors (Lipinski definition) is 3. The highest BCUT2D eigenvalue weighted by molar-refractivity contribution is 5.47. The topological polar surface area (TPSA) is 72.8 Å². The quantitative estimate of drug-likeness (QED) is 0.698. The zero-order valence-corrected chi connectivity index (χ0v) is 11.9. The van der Waals surface area contributed by atoms with Gasteiger partial charge < -0.3 is 15.5 Å². The van der Waals surface area contributed by atoms with Gasteiger partial charge in [0.15, 0.2) is 0 Å². The van der Waals surface area contributed by atoms with Crippen molar-refractivity contribution in [3.05, 3.63) is 29.3 Å². The molecule has 0 saturated carbocycles. The smallest absolute Gasteiger partial charge is 0.208 e. The normalized spacial score (nSPS) is 20.5. The number of aliphatic hydroxyl groups is 1. The zero-order chi connectivity index (χ0) is 14.7. The lowest BCUT2D eigenvalue weighted by molar-refractivity contribution is -0.112. The van der Waals surface area contributed by atoms with Gasteiger partial charge in [-0.1, -0.05) is 19.9 Å². The predicted octanol–water partition coefficient (Wildman–Crippen LogP) is 0.839. The van der Waals surface area contributed by atoms with Gasteiger partial charge in [0.25, 0.3) is 0 Å². The van der Waals surface area contributed by atoms with Crippen molar-refractivity contribution >= 4 is 6.41 Å². The van der Waals surface area contributed by atoms with E-state index in [9.17, 15) is 15.0 Å². The summed E-state index contributed by atoms with van der Waals surface area (Å²) in [5.74, 6) is 0.519. The molecule has 0 aliphatic carbocycles. The second-order valence-electron chi connectivity index (χ2n) is 5.62. The number of aliphatic hydroxyl groups excluding tert-OH is 1. The number of carbonyl (C=O) groups excluding carboxylic acids is 1. The molecule has 5 heteroatoms. The molecule has 0 fully saturated rings. The number of fused-ring (bicyclic) bond motifs is 1. The molecule has 0 radical (unpaired) electrons. The zero-order valence-electron chi connectivity index (χ0n) is 11.9. The fourth-order valence-corrected chi connectivity index (χ4v) is 2.87. The number of carbonyl (C=O) groups is 1. The van der Waals surface area contributed by atoms with E-state index < -0.39 is 0 Å². The SMILES string of the molecule is CC(C)[C@@H](CO)N1Cc2cc(O)ccc2C[C@@H]1NC=O. The Morgan fingerprint density at radius 2 is 2.20 bits per heavy atom. The number of nitrogens with zero attached hydrogens (tertiary/aromatic N) is 1. The number of phenols is 1. The Kier molecular flexibility index (Phi) is 4.62. The van der Waals surface area contributed by atoms with Crippen LogP contribution in [0.2, 0.25) is 0 Å². The fraction of sp³-hybridized carbons (Fsp3) is 0.533. The van der Waals surface area contributed by atoms with E-state index in [-0.39, 0.29) is 30.5 Å². The second-order valence-corrected chi connectivity index (χ2v) is 5.62. The molecule has 1 aliphatic rings. The molecule has 2 rings (SSSR count). The fourth-order valence-electron chi connectivity index (χ4n) is 2.87. The Labute approximate surface area is 119 Å². The Morgan fingerprint density at radius 1 is 1.45 bits per heavy atom. The van der Waals surface area contributed by atoms with Crippen LogP contribution in [-0.2, 0) is 17.8 Å². The third-order valence-corrected chi connectivity index (χ3v) is 4.00. The third kappa shape index (κ3) is 2.94. The summed E-state index contributed by atoms with van der Waals surface area (Å²) in [5.41, 5.74) is 2.17. The molecule has 20 heavy (non-hydrogen) atoms. The van der Waals surface area contributed by atoms with Crippen LogP contribution < -0.4 is 5.32 Å². The van der Waals surface area contributed by atoms with Crippen molar-refractivity contribution < 1.29 is 15.0 Å². The van der Waals surface area contributed by atoms with Gasteiger partial charge >= 0.3 is 0 Å². The number of nitrogens with one attached hydrogen (secondary N) is 1. The Hall–Kier alpha value is -1.59. The van der Waals surface area contributed by atoms with Crippen LogP contribution >= 0.6 is 0 Å². The van der Waals surface area contributed by atoms with E-state index in [1.165, 1.54) is 0 Å². The minimum Gasteiger partial charge on any atom is -0.508 e. The maximum absolute atomic E-state index is 10.8. The number of hydrogen-bond acceptors (Lipinski definition) is 4. The van der Waals surface area contributed by atoms with Crippen molar-refractivity contribution in [1.82, 2.24) is 10.2 Å². The molecule has 5 nitrogen and oxygen atoms in total. The first-order chi connectivity index (χ1) is 9.56. The van der Waals surface area contributed by atoms with Gasteiger partial charge in [-0.25, -0.2) is 0 Å². The molecule has 1 heterocycles. The molecule has 0 bridgehead atoms. The molecule has 1 amide bonds. The van der Waals surface area contributed by atoms with Gasteiger partial charge in [-0.2, -0.15) is 0 Å². The summed E-state index contributed by atoms with van der Waals surface area (Å²) in [6.07, 6.45) is 1.26. The molecule has 0 unspecified atom stereocenters. The third-order valence-electron chi connectivity index (χ3n) is 4.00. The minimum absolute atomic E-state index is 0.0250. The summed E-state index contributed by atoms with van der Waals surface area (Å²) < 4.78 is 0. The summed E-state index contributed by atoms with van der Waals surface area (Å²) in [6.45, 7) is 4.76. The molecule has 3 N–H and O–H groups in total. The minimum atomic E-state index is -0.121. The first kappa shape index (κ1) is 14.8. The molecular formula is C15H22N2O3. The monoisotopic (exact) mass is 278 g/mol. The largest absolute Gasteiger partial charge is 0.508 e. The van der Waals surface area contributed by atoms with Crippen LogP contribution in [0.1, 0.15) is 25.0 Å². The molecular weight excluding hydrogens is 256 g/mol. The Balaban J connectivity index is 2.31. The summed E-state index contributed by atoms with van der Waals surface area (Å²) in [4.78, 5) is 12.9. The van der Waals surface area contributed by atoms with Crippen molar-refractivity contribution in [3.8, 4) is 5.75 Å². The molecule has 2 atom stereocenters. The number of amides is 1. The van der Waals surface area contributed by atoms with E-state index in [1.807, 2.05) is 6.07 Å². The van der Waals surface area contributed by atoms with Gasteiger partial charge in [0.2, 0.25) is 6.41 Å². The number of benzene rings is 1. The summed E-state index contributed by atoms with van der Waals surface area (Å²) in [5, 5.41) is 22.1. The average molecular weight is 278 g/mol. The summed E-state index contributed by atoms with van der Waals surface area (Å²) in [7, 11) is 0. The van der Waals surface area contributed by atoms with E-state index in [4.69, 9.17) is 0 Å². The maximum atomic E-state index is 10.8. The van der Waals surface area contributed by atoms with Gasteiger partial charge in [0, 0.05) is 19.0 Å². The number of aromatic hydroxyl groups is 1. The van der Waals surface area contributed by atoms with Gasteiger partial charge in [-0.05, 0) is 29.2 Å². The van der Waals surface area contributed by atoms with Crippen LogP contribution in [-0.4, -0.2) is 40.3 Å². The summed E-state index contributed by atoms with van der Waals surface area (Å²) in [6, 6.07) is 5.29. The average Bonchev–Trinajstić information content (AvgIpc) is 2.40. The number of phenolic OH excluding ortho intramolecular Hbond substituents is 1. The van der Waals surface area contributed by atoms with E-state index in [1.54, 1.807) is 12.1 Å². The molecule has 1 aromatic carbocycles. The maximum Gasteiger partial charge on any atom is 0.208 e. The van der Waals surface area contributed by atoms with Gasteiger partial charge in [-0.15, -0.1) is 0 Å².